The van der Waals surface area contributed by atoms with Gasteiger partial charge in [-0.1, -0.05) is 17.7 Å². The Morgan fingerprint density at radius 1 is 1.28 bits per heavy atom. The topological polar surface area (TPSA) is 105 Å². The molecule has 1 aromatic rings. The summed E-state index contributed by atoms with van der Waals surface area (Å²) in [5.74, 6) is -2.98. The highest BCUT2D eigenvalue weighted by molar-refractivity contribution is 9.10. The Morgan fingerprint density at radius 3 is 2.44 bits per heavy atom. The van der Waals surface area contributed by atoms with Crippen LogP contribution in [0.25, 0.3) is 0 Å². The van der Waals surface area contributed by atoms with Gasteiger partial charge in [0.2, 0.25) is 0 Å². The molecule has 0 spiro atoms. The molecule has 0 heterocycles. The third-order valence-electron chi connectivity index (χ3n) is 2.51. The molecule has 1 aromatic carbocycles. The van der Waals surface area contributed by atoms with Gasteiger partial charge in [0.15, 0.2) is 5.75 Å². The van der Waals surface area contributed by atoms with Crippen molar-refractivity contribution in [2.45, 2.75) is 6.92 Å². The van der Waals surface area contributed by atoms with E-state index in [4.69, 9.17) is 40.9 Å². The van der Waals surface area contributed by atoms with Crippen molar-refractivity contribution in [2.75, 3.05) is 32.9 Å². The van der Waals surface area contributed by atoms with E-state index in [-0.39, 0.29) is 0 Å². The van der Waals surface area contributed by atoms with Crippen molar-refractivity contribution in [2.24, 2.45) is 0 Å². The van der Waals surface area contributed by atoms with Gasteiger partial charge in [0.05, 0.1) is 22.7 Å². The molecule has 0 bridgehead atoms. The van der Waals surface area contributed by atoms with Gasteiger partial charge in [0, 0.05) is 13.1 Å². The highest BCUT2D eigenvalue weighted by Gasteiger charge is 2.07. The molecule has 0 saturated carbocycles. The predicted octanol–water partition coefficient (Wildman–Crippen LogP) is 2.74. The molecule has 140 valence electrons. The van der Waals surface area contributed by atoms with Crippen LogP contribution in [0.5, 0.6) is 5.75 Å². The SMILES string of the molecule is C=CCNCCOCCOc1c(Cl)cc(C)cc1Br.O=C(O)C(=O)O. The van der Waals surface area contributed by atoms with E-state index in [0.717, 1.165) is 23.1 Å². The zero-order valence-corrected chi connectivity index (χ0v) is 16.1. The number of nitrogens with one attached hydrogen (secondary N) is 1. The van der Waals surface area contributed by atoms with E-state index in [1.54, 1.807) is 0 Å². The van der Waals surface area contributed by atoms with E-state index < -0.39 is 11.9 Å². The summed E-state index contributed by atoms with van der Waals surface area (Å²) in [6, 6.07) is 3.85. The molecule has 0 unspecified atom stereocenters. The molecular formula is C16H21BrClNO6. The number of aliphatic carboxylic acids is 2. The summed E-state index contributed by atoms with van der Waals surface area (Å²) in [7, 11) is 0. The monoisotopic (exact) mass is 437 g/mol. The molecule has 0 saturated heterocycles. The molecule has 0 aliphatic heterocycles. The normalized spacial score (nSPS) is 9.72. The molecule has 7 nitrogen and oxygen atoms in total. The number of carboxylic acids is 2. The van der Waals surface area contributed by atoms with Crippen LogP contribution in [0.2, 0.25) is 5.02 Å². The first-order valence-corrected chi connectivity index (χ1v) is 8.40. The molecule has 9 heteroatoms. The Bertz CT molecular complexity index is 547. The van der Waals surface area contributed by atoms with Gasteiger partial charge in [0.1, 0.15) is 6.61 Å². The van der Waals surface area contributed by atoms with Gasteiger partial charge in [-0.05, 0) is 40.5 Å². The summed E-state index contributed by atoms with van der Waals surface area (Å²) >= 11 is 9.56. The van der Waals surface area contributed by atoms with Gasteiger partial charge in [-0.2, -0.15) is 0 Å². The zero-order chi connectivity index (χ0) is 19.2. The van der Waals surface area contributed by atoms with Crippen molar-refractivity contribution >= 4 is 39.5 Å². The van der Waals surface area contributed by atoms with E-state index in [1.807, 2.05) is 25.1 Å². The number of carbonyl (C=O) groups is 2. The van der Waals surface area contributed by atoms with Crippen molar-refractivity contribution in [3.8, 4) is 5.75 Å². The molecular weight excluding hydrogens is 418 g/mol. The van der Waals surface area contributed by atoms with Gasteiger partial charge >= 0.3 is 11.9 Å². The summed E-state index contributed by atoms with van der Waals surface area (Å²) in [6.45, 7) is 8.88. The van der Waals surface area contributed by atoms with Gasteiger partial charge in [-0.3, -0.25) is 0 Å². The molecule has 0 aliphatic carbocycles. The van der Waals surface area contributed by atoms with E-state index in [2.05, 4.69) is 27.8 Å². The number of ether oxygens (including phenoxy) is 2. The van der Waals surface area contributed by atoms with Crippen molar-refractivity contribution in [3.63, 3.8) is 0 Å². The van der Waals surface area contributed by atoms with Crippen LogP contribution < -0.4 is 10.1 Å². The fourth-order valence-corrected chi connectivity index (χ4v) is 2.61. The van der Waals surface area contributed by atoms with Crippen LogP contribution in [0.15, 0.2) is 29.3 Å². The first-order chi connectivity index (χ1) is 11.8. The number of carboxylic acid groups (broad SMARTS) is 2. The Kier molecular flexibility index (Phi) is 12.8. The fraction of sp³-hybridized carbons (Fsp3) is 0.375. The van der Waals surface area contributed by atoms with Crippen LogP contribution in [0, 0.1) is 6.92 Å². The summed E-state index contributed by atoms with van der Waals surface area (Å²) in [4.78, 5) is 18.2. The zero-order valence-electron chi connectivity index (χ0n) is 13.8. The van der Waals surface area contributed by atoms with Crippen molar-refractivity contribution in [1.82, 2.24) is 5.32 Å². The average Bonchev–Trinajstić information content (AvgIpc) is 2.52. The van der Waals surface area contributed by atoms with Gasteiger partial charge in [0.25, 0.3) is 0 Å². The molecule has 1 rings (SSSR count). The first-order valence-electron chi connectivity index (χ1n) is 7.23. The van der Waals surface area contributed by atoms with E-state index in [9.17, 15) is 0 Å². The van der Waals surface area contributed by atoms with Crippen LogP contribution in [0.1, 0.15) is 5.56 Å². The van der Waals surface area contributed by atoms with Crippen molar-refractivity contribution in [1.29, 1.82) is 0 Å². The average molecular weight is 439 g/mol. The largest absolute Gasteiger partial charge is 0.488 e. The maximum absolute atomic E-state index is 9.10. The van der Waals surface area contributed by atoms with Gasteiger partial charge in [-0.25, -0.2) is 9.59 Å². The molecule has 3 N–H and O–H groups in total. The Hall–Kier alpha value is -1.61. The molecule has 0 atom stereocenters. The highest BCUT2D eigenvalue weighted by atomic mass is 79.9. The first kappa shape index (κ1) is 23.4. The lowest BCUT2D eigenvalue weighted by Crippen LogP contribution is -2.20. The van der Waals surface area contributed by atoms with Crippen LogP contribution in [0.3, 0.4) is 0 Å². The minimum absolute atomic E-state index is 0.475. The summed E-state index contributed by atoms with van der Waals surface area (Å²) in [6.07, 6.45) is 1.82. The summed E-state index contributed by atoms with van der Waals surface area (Å²) < 4.78 is 11.9. The Labute approximate surface area is 159 Å². The van der Waals surface area contributed by atoms with Crippen molar-refractivity contribution < 1.29 is 29.3 Å². The molecule has 0 aliphatic rings. The molecule has 25 heavy (non-hydrogen) atoms. The van der Waals surface area contributed by atoms with E-state index >= 15 is 0 Å². The van der Waals surface area contributed by atoms with Crippen LogP contribution in [-0.4, -0.2) is 55.1 Å². The second-order valence-electron chi connectivity index (χ2n) is 4.62. The van der Waals surface area contributed by atoms with Crippen LogP contribution in [-0.2, 0) is 14.3 Å². The lowest BCUT2D eigenvalue weighted by molar-refractivity contribution is -0.159. The fourth-order valence-electron chi connectivity index (χ4n) is 1.48. The van der Waals surface area contributed by atoms with Crippen LogP contribution in [0.4, 0.5) is 0 Å². The predicted molar refractivity (Wildman–Crippen MR) is 98.5 cm³/mol. The molecule has 0 aromatic heterocycles. The molecule has 0 radical (unpaired) electrons. The third kappa shape index (κ3) is 11.5. The number of rotatable bonds is 9. The van der Waals surface area contributed by atoms with Gasteiger partial charge in [-0.15, -0.1) is 6.58 Å². The Balaban J connectivity index is 0.000000823. The lowest BCUT2D eigenvalue weighted by Gasteiger charge is -2.11. The highest BCUT2D eigenvalue weighted by Crippen LogP contribution is 2.34. The second kappa shape index (κ2) is 13.7. The summed E-state index contributed by atoms with van der Waals surface area (Å²) in [5, 5.41) is 18.5. The smallest absolute Gasteiger partial charge is 0.414 e. The second-order valence-corrected chi connectivity index (χ2v) is 5.88. The van der Waals surface area contributed by atoms with E-state index in [0.29, 0.717) is 30.6 Å². The molecule has 0 fully saturated rings. The third-order valence-corrected chi connectivity index (χ3v) is 3.38. The van der Waals surface area contributed by atoms with Gasteiger partial charge < -0.3 is 25.0 Å². The van der Waals surface area contributed by atoms with Crippen LogP contribution >= 0.6 is 27.5 Å². The number of aryl methyl sites for hydroxylation is 1. The minimum atomic E-state index is -1.82. The van der Waals surface area contributed by atoms with E-state index in [1.165, 1.54) is 0 Å². The molecule has 0 amide bonds. The number of benzene rings is 1. The van der Waals surface area contributed by atoms with Crippen molar-refractivity contribution in [3.05, 3.63) is 39.8 Å². The maximum atomic E-state index is 9.10. The summed E-state index contributed by atoms with van der Waals surface area (Å²) in [5.41, 5.74) is 1.09. The minimum Gasteiger partial charge on any atom is -0.488 e. The Morgan fingerprint density at radius 2 is 1.92 bits per heavy atom. The number of hydrogen-bond donors (Lipinski definition) is 3. The quantitative estimate of drug-likeness (QED) is 0.309. The lowest BCUT2D eigenvalue weighted by atomic mass is 10.2. The standard InChI is InChI=1S/C14H19BrClNO2.C2H2O4/c1-3-4-17-5-6-18-7-8-19-14-12(15)9-11(2)10-13(14)16;3-1(4)2(5)6/h3,9-10,17H,1,4-8H2,2H3;(H,3,4)(H,5,6). The number of hydrogen-bond acceptors (Lipinski definition) is 5. The maximum Gasteiger partial charge on any atom is 0.414 e. The number of halogens is 2.